The second-order valence-corrected chi connectivity index (χ2v) is 4.72. The molecule has 0 aromatic heterocycles. The van der Waals surface area contributed by atoms with Crippen LogP contribution in [0.5, 0.6) is 0 Å². The average Bonchev–Trinajstić information content (AvgIpc) is 2.84. The van der Waals surface area contributed by atoms with E-state index in [2.05, 4.69) is 17.3 Å². The number of aliphatic hydroxyl groups is 1. The summed E-state index contributed by atoms with van der Waals surface area (Å²) in [5, 5.41) is 13.6. The minimum atomic E-state index is -0.497. The van der Waals surface area contributed by atoms with Crippen molar-refractivity contribution in [3.8, 4) is 0 Å². The largest absolute Gasteiger partial charge is 0.388 e. The molecule has 1 aliphatic carbocycles. The first-order valence-electron chi connectivity index (χ1n) is 5.26. The van der Waals surface area contributed by atoms with E-state index < -0.39 is 5.60 Å². The van der Waals surface area contributed by atoms with E-state index in [0.29, 0.717) is 6.04 Å². The highest BCUT2D eigenvalue weighted by molar-refractivity contribution is 4.98. The summed E-state index contributed by atoms with van der Waals surface area (Å²) in [5.41, 5.74) is -0.497. The maximum absolute atomic E-state index is 10.2. The summed E-state index contributed by atoms with van der Waals surface area (Å²) in [6.07, 6.45) is 3.49. The van der Waals surface area contributed by atoms with Crippen molar-refractivity contribution < 1.29 is 5.11 Å². The molecule has 2 rings (SSSR count). The molecule has 0 amide bonds. The fourth-order valence-corrected chi connectivity index (χ4v) is 2.29. The van der Waals surface area contributed by atoms with Crippen molar-refractivity contribution in [3.63, 3.8) is 0 Å². The van der Waals surface area contributed by atoms with Gasteiger partial charge in [-0.15, -0.1) is 0 Å². The standard InChI is InChI=1S/C10H20N2O/c1-10(13)5-6-11-7-9(10)12(2)8-3-4-8/h8-9,11,13H,3-7H2,1-2H3. The summed E-state index contributed by atoms with van der Waals surface area (Å²) < 4.78 is 0. The van der Waals surface area contributed by atoms with Crippen LogP contribution in [0.25, 0.3) is 0 Å². The predicted octanol–water partition coefficient (Wildman–Crippen LogP) is 0.193. The summed E-state index contributed by atoms with van der Waals surface area (Å²) >= 11 is 0. The third-order valence-corrected chi connectivity index (χ3v) is 3.48. The molecule has 1 heterocycles. The number of piperidine rings is 1. The molecule has 1 saturated carbocycles. The Hall–Kier alpha value is -0.120. The van der Waals surface area contributed by atoms with Crippen LogP contribution in [0.1, 0.15) is 26.2 Å². The molecule has 2 fully saturated rings. The topological polar surface area (TPSA) is 35.5 Å². The highest BCUT2D eigenvalue weighted by atomic mass is 16.3. The molecule has 0 aromatic rings. The van der Waals surface area contributed by atoms with Crippen molar-refractivity contribution in [2.45, 2.75) is 43.9 Å². The van der Waals surface area contributed by atoms with Crippen molar-refractivity contribution in [1.29, 1.82) is 0 Å². The maximum Gasteiger partial charge on any atom is 0.0798 e. The lowest BCUT2D eigenvalue weighted by Gasteiger charge is -2.43. The average molecular weight is 184 g/mol. The number of nitrogens with zero attached hydrogens (tertiary/aromatic N) is 1. The van der Waals surface area contributed by atoms with E-state index in [4.69, 9.17) is 0 Å². The van der Waals surface area contributed by atoms with E-state index in [9.17, 15) is 5.11 Å². The van der Waals surface area contributed by atoms with Gasteiger partial charge in [-0.25, -0.2) is 0 Å². The Morgan fingerprint density at radius 2 is 2.15 bits per heavy atom. The van der Waals surface area contributed by atoms with Gasteiger partial charge in [0.25, 0.3) is 0 Å². The second kappa shape index (κ2) is 3.23. The molecule has 2 N–H and O–H groups in total. The van der Waals surface area contributed by atoms with Crippen LogP contribution in [0, 0.1) is 0 Å². The van der Waals surface area contributed by atoms with Crippen molar-refractivity contribution in [2.24, 2.45) is 0 Å². The molecule has 0 bridgehead atoms. The molecule has 0 radical (unpaired) electrons. The van der Waals surface area contributed by atoms with Crippen LogP contribution in [0.4, 0.5) is 0 Å². The number of nitrogens with one attached hydrogen (secondary N) is 1. The van der Waals surface area contributed by atoms with E-state index in [1.165, 1.54) is 12.8 Å². The summed E-state index contributed by atoms with van der Waals surface area (Å²) in [6, 6.07) is 1.03. The van der Waals surface area contributed by atoms with Gasteiger partial charge in [-0.2, -0.15) is 0 Å². The number of likely N-dealkylation sites (N-methyl/N-ethyl adjacent to an activating group) is 1. The zero-order chi connectivity index (χ0) is 9.47. The van der Waals surface area contributed by atoms with Crippen molar-refractivity contribution >= 4 is 0 Å². The number of rotatable bonds is 2. The van der Waals surface area contributed by atoms with E-state index in [0.717, 1.165) is 25.6 Å². The van der Waals surface area contributed by atoms with E-state index in [1.54, 1.807) is 0 Å². The van der Waals surface area contributed by atoms with Crippen LogP contribution in [0.15, 0.2) is 0 Å². The van der Waals surface area contributed by atoms with Crippen molar-refractivity contribution in [1.82, 2.24) is 10.2 Å². The third-order valence-electron chi connectivity index (χ3n) is 3.48. The molecule has 1 aliphatic heterocycles. The molecule has 13 heavy (non-hydrogen) atoms. The Balaban J connectivity index is 2.01. The van der Waals surface area contributed by atoms with Gasteiger partial charge >= 0.3 is 0 Å². The maximum atomic E-state index is 10.2. The van der Waals surface area contributed by atoms with Crippen LogP contribution >= 0.6 is 0 Å². The first kappa shape index (κ1) is 9.44. The minimum absolute atomic E-state index is 0.300. The predicted molar refractivity (Wildman–Crippen MR) is 52.7 cm³/mol. The molecule has 0 spiro atoms. The first-order valence-corrected chi connectivity index (χ1v) is 5.26. The summed E-state index contributed by atoms with van der Waals surface area (Å²) in [5.74, 6) is 0. The normalized spacial score (nSPS) is 41.1. The molecule has 0 aromatic carbocycles. The number of hydrogen-bond acceptors (Lipinski definition) is 3. The van der Waals surface area contributed by atoms with Gasteiger partial charge < -0.3 is 10.4 Å². The SMILES string of the molecule is CN(C1CC1)C1CNCCC1(C)O. The summed E-state index contributed by atoms with van der Waals surface area (Å²) in [7, 11) is 2.14. The molecule has 2 unspecified atom stereocenters. The Labute approximate surface area is 80.1 Å². The first-order chi connectivity index (χ1) is 6.11. The van der Waals surface area contributed by atoms with Gasteiger partial charge in [-0.05, 0) is 39.8 Å². The van der Waals surface area contributed by atoms with Gasteiger partial charge in [0.2, 0.25) is 0 Å². The molecular formula is C10H20N2O. The smallest absolute Gasteiger partial charge is 0.0798 e. The molecule has 2 aliphatic rings. The Morgan fingerprint density at radius 1 is 1.46 bits per heavy atom. The quantitative estimate of drug-likeness (QED) is 0.643. The number of hydrogen-bond donors (Lipinski definition) is 2. The van der Waals surface area contributed by atoms with Gasteiger partial charge in [0, 0.05) is 12.6 Å². The molecule has 1 saturated heterocycles. The van der Waals surface area contributed by atoms with Gasteiger partial charge in [0.1, 0.15) is 0 Å². The van der Waals surface area contributed by atoms with Crippen LogP contribution in [-0.4, -0.2) is 47.8 Å². The van der Waals surface area contributed by atoms with E-state index in [1.807, 2.05) is 6.92 Å². The highest BCUT2D eigenvalue weighted by Crippen LogP contribution is 2.32. The lowest BCUT2D eigenvalue weighted by molar-refractivity contribution is -0.0474. The molecule has 76 valence electrons. The van der Waals surface area contributed by atoms with Gasteiger partial charge in [-0.1, -0.05) is 0 Å². The molecule has 2 atom stereocenters. The monoisotopic (exact) mass is 184 g/mol. The zero-order valence-electron chi connectivity index (χ0n) is 8.58. The summed E-state index contributed by atoms with van der Waals surface area (Å²) in [6.45, 7) is 3.85. The van der Waals surface area contributed by atoms with Gasteiger partial charge in [0.05, 0.1) is 11.6 Å². The lowest BCUT2D eigenvalue weighted by atomic mass is 9.88. The van der Waals surface area contributed by atoms with Crippen LogP contribution in [0.2, 0.25) is 0 Å². The Morgan fingerprint density at radius 3 is 2.69 bits per heavy atom. The zero-order valence-corrected chi connectivity index (χ0v) is 8.58. The fraction of sp³-hybridized carbons (Fsp3) is 1.00. The Kier molecular flexibility index (Phi) is 2.34. The van der Waals surface area contributed by atoms with E-state index in [-0.39, 0.29) is 0 Å². The lowest BCUT2D eigenvalue weighted by Crippen LogP contribution is -2.59. The minimum Gasteiger partial charge on any atom is -0.388 e. The van der Waals surface area contributed by atoms with Gasteiger partial charge in [-0.3, -0.25) is 4.90 Å². The second-order valence-electron chi connectivity index (χ2n) is 4.72. The van der Waals surface area contributed by atoms with E-state index >= 15 is 0 Å². The van der Waals surface area contributed by atoms with Crippen molar-refractivity contribution in [2.75, 3.05) is 20.1 Å². The molecule has 3 heteroatoms. The molecular weight excluding hydrogens is 164 g/mol. The third kappa shape index (κ3) is 1.87. The van der Waals surface area contributed by atoms with Crippen LogP contribution in [-0.2, 0) is 0 Å². The van der Waals surface area contributed by atoms with Gasteiger partial charge in [0.15, 0.2) is 0 Å². The summed E-state index contributed by atoms with van der Waals surface area (Å²) in [4.78, 5) is 2.35. The Bertz CT molecular complexity index is 189. The highest BCUT2D eigenvalue weighted by Gasteiger charge is 2.41. The fourth-order valence-electron chi connectivity index (χ4n) is 2.29. The van der Waals surface area contributed by atoms with Crippen LogP contribution < -0.4 is 5.32 Å². The van der Waals surface area contributed by atoms with Crippen LogP contribution in [0.3, 0.4) is 0 Å². The molecule has 3 nitrogen and oxygen atoms in total. The van der Waals surface area contributed by atoms with Crippen molar-refractivity contribution in [3.05, 3.63) is 0 Å².